The van der Waals surface area contributed by atoms with Crippen molar-refractivity contribution in [3.05, 3.63) is 0 Å². The van der Waals surface area contributed by atoms with Crippen molar-refractivity contribution in [2.75, 3.05) is 13.2 Å². The molecule has 0 heterocycles. The highest BCUT2D eigenvalue weighted by Crippen LogP contribution is 2.36. The molecule has 51 heavy (non-hydrogen) atoms. The number of carbonyl (C=O) groups is 2. The number of hydrogen-bond donors (Lipinski definition) is 2. The molecule has 0 aliphatic heterocycles. The molecule has 0 radical (unpaired) electrons. The van der Waals surface area contributed by atoms with Crippen molar-refractivity contribution < 1.29 is 37.9 Å². The molecule has 0 aliphatic rings. The highest BCUT2D eigenvalue weighted by Gasteiger charge is 2.23. The summed E-state index contributed by atoms with van der Waals surface area (Å²) in [5.74, 6) is 0.764. The Balaban J connectivity index is 3.80. The molecule has 0 rings (SSSR count). The van der Waals surface area contributed by atoms with E-state index in [0.29, 0.717) is 6.42 Å². The van der Waals surface area contributed by atoms with Crippen LogP contribution in [0.5, 0.6) is 0 Å². The van der Waals surface area contributed by atoms with Crippen molar-refractivity contribution >= 4 is 19.8 Å². The van der Waals surface area contributed by atoms with Gasteiger partial charge in [0.15, 0.2) is 6.10 Å². The summed E-state index contributed by atoms with van der Waals surface area (Å²) in [5.41, 5.74) is 0. The Morgan fingerprint density at radius 1 is 0.451 bits per heavy atom. The molecule has 8 nitrogen and oxygen atoms in total. The minimum absolute atomic E-state index is 0.217. The number of unbranched alkanes of at least 4 members (excludes halogenated alkanes) is 25. The Labute approximate surface area is 315 Å². The number of ether oxygens (including phenoxy) is 2. The van der Waals surface area contributed by atoms with Crippen LogP contribution in [0.1, 0.15) is 227 Å². The molecule has 0 spiro atoms. The summed E-state index contributed by atoms with van der Waals surface area (Å²) in [7, 11) is -4.75. The van der Waals surface area contributed by atoms with Crippen LogP contribution in [0.25, 0.3) is 0 Å². The molecule has 0 unspecified atom stereocenters. The predicted molar refractivity (Wildman–Crippen MR) is 212 cm³/mol. The molecular formula is C42H83O8P. The molecule has 1 atom stereocenters. The van der Waals surface area contributed by atoms with Crippen LogP contribution in [-0.4, -0.2) is 41.0 Å². The van der Waals surface area contributed by atoms with Gasteiger partial charge in [-0.25, -0.2) is 4.57 Å². The van der Waals surface area contributed by atoms with E-state index in [9.17, 15) is 14.2 Å². The van der Waals surface area contributed by atoms with Gasteiger partial charge in [0.1, 0.15) is 6.61 Å². The summed E-state index contributed by atoms with van der Waals surface area (Å²) in [5, 5.41) is 0. The third-order valence-electron chi connectivity index (χ3n) is 9.73. The second-order valence-corrected chi connectivity index (χ2v) is 17.2. The molecule has 9 heteroatoms. The lowest BCUT2D eigenvalue weighted by Crippen LogP contribution is -2.29. The first-order chi connectivity index (χ1) is 24.5. The van der Waals surface area contributed by atoms with Crippen molar-refractivity contribution in [3.63, 3.8) is 0 Å². The van der Waals surface area contributed by atoms with Gasteiger partial charge in [-0.1, -0.05) is 201 Å². The van der Waals surface area contributed by atoms with E-state index >= 15 is 0 Å². The van der Waals surface area contributed by atoms with Crippen LogP contribution in [0.15, 0.2) is 0 Å². The standard InChI is InChI=1S/C42H83O8P/c1-38(2)32-28-24-20-16-13-11-9-7-5-6-8-10-12-14-18-22-26-30-34-41(43)48-36-40(37-49-51(45,46)47)50-42(44)35-31-27-23-19-15-17-21-25-29-33-39(3)4/h38-40H,5-37H2,1-4H3,(H2,45,46,47)/t40-/m1/s1. The fraction of sp³-hybridized carbons (Fsp3) is 0.952. The third kappa shape index (κ3) is 41.7. The number of phosphoric acid groups is 1. The Hall–Kier alpha value is -0.950. The molecule has 0 aromatic carbocycles. The van der Waals surface area contributed by atoms with Crippen LogP contribution in [0, 0.1) is 11.8 Å². The van der Waals surface area contributed by atoms with Gasteiger partial charge < -0.3 is 19.3 Å². The summed E-state index contributed by atoms with van der Waals surface area (Å²) in [6.45, 7) is 8.37. The molecule has 0 aromatic heterocycles. The van der Waals surface area contributed by atoms with Gasteiger partial charge in [0.25, 0.3) is 0 Å². The number of carbonyl (C=O) groups excluding carboxylic acids is 2. The maximum atomic E-state index is 12.4. The maximum Gasteiger partial charge on any atom is 0.469 e. The largest absolute Gasteiger partial charge is 0.469 e. The first-order valence-electron chi connectivity index (χ1n) is 21.5. The quantitative estimate of drug-likeness (QED) is 0.0362. The van der Waals surface area contributed by atoms with Gasteiger partial charge in [-0.15, -0.1) is 0 Å². The van der Waals surface area contributed by atoms with Crippen LogP contribution < -0.4 is 0 Å². The lowest BCUT2D eigenvalue weighted by atomic mass is 10.0. The van der Waals surface area contributed by atoms with E-state index in [0.717, 1.165) is 50.4 Å². The van der Waals surface area contributed by atoms with Crippen LogP contribution in [0.4, 0.5) is 0 Å². The lowest BCUT2D eigenvalue weighted by Gasteiger charge is -2.18. The van der Waals surface area contributed by atoms with Crippen molar-refractivity contribution in [2.45, 2.75) is 233 Å². The van der Waals surface area contributed by atoms with E-state index in [1.165, 1.54) is 141 Å². The van der Waals surface area contributed by atoms with Gasteiger partial charge in [-0.3, -0.25) is 14.1 Å². The Morgan fingerprint density at radius 2 is 0.745 bits per heavy atom. The van der Waals surface area contributed by atoms with E-state index in [1.54, 1.807) is 0 Å². The second kappa shape index (κ2) is 36.0. The molecule has 0 fully saturated rings. The van der Waals surface area contributed by atoms with Gasteiger partial charge >= 0.3 is 19.8 Å². The smallest absolute Gasteiger partial charge is 0.462 e. The molecule has 0 saturated heterocycles. The summed E-state index contributed by atoms with van der Waals surface area (Å²) in [6, 6.07) is 0. The van der Waals surface area contributed by atoms with Crippen molar-refractivity contribution in [2.24, 2.45) is 11.8 Å². The van der Waals surface area contributed by atoms with E-state index in [2.05, 4.69) is 32.2 Å². The average molecular weight is 747 g/mol. The van der Waals surface area contributed by atoms with Crippen LogP contribution in [0.3, 0.4) is 0 Å². The highest BCUT2D eigenvalue weighted by atomic mass is 31.2. The fourth-order valence-corrected chi connectivity index (χ4v) is 6.87. The van der Waals surface area contributed by atoms with Gasteiger partial charge in [-0.2, -0.15) is 0 Å². The molecule has 0 aliphatic carbocycles. The van der Waals surface area contributed by atoms with Crippen LogP contribution in [-0.2, 0) is 28.2 Å². The van der Waals surface area contributed by atoms with E-state index in [-0.39, 0.29) is 19.4 Å². The third-order valence-corrected chi connectivity index (χ3v) is 10.2. The summed E-state index contributed by atoms with van der Waals surface area (Å²) in [6.07, 6.45) is 35.6. The number of rotatable bonds is 39. The summed E-state index contributed by atoms with van der Waals surface area (Å²) >= 11 is 0. The van der Waals surface area contributed by atoms with Crippen LogP contribution in [0.2, 0.25) is 0 Å². The summed E-state index contributed by atoms with van der Waals surface area (Å²) < 4.78 is 26.4. The number of phosphoric ester groups is 1. The number of esters is 2. The topological polar surface area (TPSA) is 119 Å². The molecular weight excluding hydrogens is 663 g/mol. The van der Waals surface area contributed by atoms with Gasteiger partial charge in [-0.05, 0) is 24.7 Å². The maximum absolute atomic E-state index is 12.4. The zero-order valence-corrected chi connectivity index (χ0v) is 34.8. The van der Waals surface area contributed by atoms with E-state index < -0.39 is 32.5 Å². The second-order valence-electron chi connectivity index (χ2n) is 16.0. The van der Waals surface area contributed by atoms with Crippen molar-refractivity contribution in [1.29, 1.82) is 0 Å². The van der Waals surface area contributed by atoms with Crippen LogP contribution >= 0.6 is 7.82 Å². The molecule has 0 aromatic rings. The zero-order valence-electron chi connectivity index (χ0n) is 33.9. The van der Waals surface area contributed by atoms with Gasteiger partial charge in [0, 0.05) is 12.8 Å². The molecule has 304 valence electrons. The monoisotopic (exact) mass is 747 g/mol. The van der Waals surface area contributed by atoms with Crippen molar-refractivity contribution in [3.8, 4) is 0 Å². The zero-order chi connectivity index (χ0) is 37.8. The Kier molecular flexibility index (Phi) is 35.4. The minimum Gasteiger partial charge on any atom is -0.462 e. The lowest BCUT2D eigenvalue weighted by molar-refractivity contribution is -0.161. The van der Waals surface area contributed by atoms with Crippen molar-refractivity contribution in [1.82, 2.24) is 0 Å². The molecule has 0 amide bonds. The van der Waals surface area contributed by atoms with E-state index in [4.69, 9.17) is 19.3 Å². The summed E-state index contributed by atoms with van der Waals surface area (Å²) in [4.78, 5) is 42.8. The molecule has 2 N–H and O–H groups in total. The first kappa shape index (κ1) is 50.1. The fourth-order valence-electron chi connectivity index (χ4n) is 6.51. The average Bonchev–Trinajstić information content (AvgIpc) is 3.06. The van der Waals surface area contributed by atoms with E-state index in [1.807, 2.05) is 0 Å². The first-order valence-corrected chi connectivity index (χ1v) is 23.1. The van der Waals surface area contributed by atoms with Gasteiger partial charge in [0.05, 0.1) is 6.61 Å². The molecule has 0 saturated carbocycles. The highest BCUT2D eigenvalue weighted by molar-refractivity contribution is 7.46. The Morgan fingerprint density at radius 3 is 1.06 bits per heavy atom. The normalized spacial score (nSPS) is 12.5. The minimum atomic E-state index is -4.75. The van der Waals surface area contributed by atoms with Gasteiger partial charge in [0.2, 0.25) is 0 Å². The SMILES string of the molecule is CC(C)CCCCCCCCCCCCCCCCCCCCC(=O)OC[C@H](COP(=O)(O)O)OC(=O)CCCCCCCCCCCC(C)C. The number of hydrogen-bond acceptors (Lipinski definition) is 6. The Bertz CT molecular complexity index is 828. The molecule has 0 bridgehead atoms. The predicted octanol–water partition coefficient (Wildman–Crippen LogP) is 13.0.